The van der Waals surface area contributed by atoms with Gasteiger partial charge in [-0.15, -0.1) is 0 Å². The molecule has 1 N–H and O–H groups in total. The Kier molecular flexibility index (Phi) is 4.37. The number of sulfonamides is 1. The Morgan fingerprint density at radius 3 is 2.63 bits per heavy atom. The molecule has 0 saturated heterocycles. The van der Waals surface area contributed by atoms with Gasteiger partial charge in [0.15, 0.2) is 0 Å². The zero-order valence-corrected chi connectivity index (χ0v) is 15.0. The van der Waals surface area contributed by atoms with Crippen LogP contribution in [0.15, 0.2) is 79.1 Å². The summed E-state index contributed by atoms with van der Waals surface area (Å²) < 4.78 is 43.0. The lowest BCUT2D eigenvalue weighted by atomic mass is 10.1. The molecule has 5 nitrogen and oxygen atoms in total. The average Bonchev–Trinajstić information content (AvgIpc) is 3.07. The molecule has 0 saturated carbocycles. The molecule has 0 fully saturated rings. The molecule has 2 aromatic carbocycles. The number of rotatable bonds is 5. The van der Waals surface area contributed by atoms with Crippen LogP contribution < -0.4 is 4.72 Å². The summed E-state index contributed by atoms with van der Waals surface area (Å²) in [6.45, 7) is 0. The first-order valence-corrected chi connectivity index (χ1v) is 9.93. The summed E-state index contributed by atoms with van der Waals surface area (Å²) in [5.74, 6) is -0.973. The number of imidazole rings is 1. The van der Waals surface area contributed by atoms with Gasteiger partial charge >= 0.3 is 0 Å². The van der Waals surface area contributed by atoms with Crippen LogP contribution in [0.1, 0.15) is 5.56 Å². The number of aromatic nitrogens is 2. The van der Waals surface area contributed by atoms with Crippen LogP contribution in [0.2, 0.25) is 0 Å². The summed E-state index contributed by atoms with van der Waals surface area (Å²) in [6, 6.07) is 18.5. The summed E-state index contributed by atoms with van der Waals surface area (Å²) >= 11 is 0. The van der Waals surface area contributed by atoms with E-state index in [2.05, 4.69) is 9.71 Å². The molecule has 2 aromatic heterocycles. The van der Waals surface area contributed by atoms with Gasteiger partial charge in [0.25, 0.3) is 0 Å². The number of benzene rings is 2. The van der Waals surface area contributed by atoms with Crippen molar-refractivity contribution in [3.05, 3.63) is 90.5 Å². The molecule has 0 aliphatic rings. The van der Waals surface area contributed by atoms with Crippen molar-refractivity contribution in [2.45, 2.75) is 5.75 Å². The Morgan fingerprint density at radius 2 is 1.81 bits per heavy atom. The van der Waals surface area contributed by atoms with E-state index in [1.807, 2.05) is 41.1 Å². The van der Waals surface area contributed by atoms with Crippen LogP contribution in [0.25, 0.3) is 16.9 Å². The Labute approximate surface area is 156 Å². The molecule has 0 radical (unpaired) electrons. The first-order chi connectivity index (χ1) is 13.0. The van der Waals surface area contributed by atoms with Crippen LogP contribution in [-0.4, -0.2) is 17.8 Å². The van der Waals surface area contributed by atoms with Crippen LogP contribution in [0, 0.1) is 5.82 Å². The van der Waals surface area contributed by atoms with E-state index in [4.69, 9.17) is 0 Å². The fourth-order valence-electron chi connectivity index (χ4n) is 2.85. The van der Waals surface area contributed by atoms with E-state index in [-0.39, 0.29) is 5.56 Å². The van der Waals surface area contributed by atoms with Gasteiger partial charge in [-0.3, -0.25) is 4.72 Å². The van der Waals surface area contributed by atoms with Gasteiger partial charge in [-0.05, 0) is 30.3 Å². The monoisotopic (exact) mass is 381 g/mol. The first-order valence-electron chi connectivity index (χ1n) is 8.28. The third-order valence-corrected chi connectivity index (χ3v) is 5.34. The fourth-order valence-corrected chi connectivity index (χ4v) is 4.05. The van der Waals surface area contributed by atoms with Crippen LogP contribution in [-0.2, 0) is 15.8 Å². The molecule has 7 heteroatoms. The third-order valence-electron chi connectivity index (χ3n) is 4.10. The van der Waals surface area contributed by atoms with Gasteiger partial charge in [-0.1, -0.05) is 36.4 Å². The highest BCUT2D eigenvalue weighted by Crippen LogP contribution is 2.23. The van der Waals surface area contributed by atoms with Crippen molar-refractivity contribution in [1.29, 1.82) is 0 Å². The smallest absolute Gasteiger partial charge is 0.237 e. The highest BCUT2D eigenvalue weighted by atomic mass is 32.2. The second-order valence-electron chi connectivity index (χ2n) is 6.13. The minimum Gasteiger partial charge on any atom is -0.306 e. The number of halogens is 1. The van der Waals surface area contributed by atoms with Gasteiger partial charge in [0, 0.05) is 29.2 Å². The number of anilines is 1. The molecular formula is C20H16FN3O2S. The summed E-state index contributed by atoms with van der Waals surface area (Å²) in [5.41, 5.74) is 2.85. The van der Waals surface area contributed by atoms with Gasteiger partial charge in [-0.25, -0.2) is 17.8 Å². The standard InChI is InChI=1S/C20H16FN3O2S/c21-18-9-2-1-6-16(18)14-27(25,26)23-17-8-5-7-15(12-17)19-13-24-11-4-3-10-20(24)22-19/h1-13,23H,14H2. The Bertz CT molecular complexity index is 1190. The number of nitrogens with one attached hydrogen (secondary N) is 1. The molecule has 0 spiro atoms. The molecule has 0 unspecified atom stereocenters. The SMILES string of the molecule is O=S(=O)(Cc1ccccc1F)Nc1cccc(-c2cn3ccccc3n2)c1. The lowest BCUT2D eigenvalue weighted by Crippen LogP contribution is -2.15. The minimum absolute atomic E-state index is 0.126. The van der Waals surface area contributed by atoms with Gasteiger partial charge in [0.05, 0.1) is 11.4 Å². The lowest BCUT2D eigenvalue weighted by molar-refractivity contribution is 0.591. The largest absolute Gasteiger partial charge is 0.306 e. The fraction of sp³-hybridized carbons (Fsp3) is 0.0500. The minimum atomic E-state index is -3.75. The Morgan fingerprint density at radius 1 is 1.00 bits per heavy atom. The highest BCUT2D eigenvalue weighted by molar-refractivity contribution is 7.91. The second kappa shape index (κ2) is 6.85. The highest BCUT2D eigenvalue weighted by Gasteiger charge is 2.15. The number of hydrogen-bond acceptors (Lipinski definition) is 3. The number of pyridine rings is 1. The molecule has 0 aliphatic heterocycles. The molecule has 136 valence electrons. The number of fused-ring (bicyclic) bond motifs is 1. The molecule has 0 atom stereocenters. The van der Waals surface area contributed by atoms with Gasteiger partial charge < -0.3 is 4.40 Å². The van der Waals surface area contributed by atoms with E-state index in [9.17, 15) is 12.8 Å². The van der Waals surface area contributed by atoms with Gasteiger partial charge in [0.1, 0.15) is 11.5 Å². The van der Waals surface area contributed by atoms with Crippen LogP contribution >= 0.6 is 0 Å². The molecule has 27 heavy (non-hydrogen) atoms. The maximum absolute atomic E-state index is 13.7. The Balaban J connectivity index is 1.60. The zero-order chi connectivity index (χ0) is 18.9. The van der Waals surface area contributed by atoms with Crippen molar-refractivity contribution >= 4 is 21.4 Å². The van der Waals surface area contributed by atoms with E-state index < -0.39 is 21.6 Å². The van der Waals surface area contributed by atoms with Gasteiger partial charge in [0.2, 0.25) is 10.0 Å². The molecule has 0 bridgehead atoms. The zero-order valence-electron chi connectivity index (χ0n) is 14.2. The maximum Gasteiger partial charge on any atom is 0.237 e. The topological polar surface area (TPSA) is 63.5 Å². The van der Waals surface area contributed by atoms with Crippen molar-refractivity contribution in [1.82, 2.24) is 9.38 Å². The summed E-state index contributed by atoms with van der Waals surface area (Å²) in [4.78, 5) is 4.54. The molecular weight excluding hydrogens is 365 g/mol. The van der Waals surface area contributed by atoms with Crippen molar-refractivity contribution < 1.29 is 12.8 Å². The van der Waals surface area contributed by atoms with Gasteiger partial charge in [-0.2, -0.15) is 0 Å². The maximum atomic E-state index is 13.7. The quantitative estimate of drug-likeness (QED) is 0.566. The van der Waals surface area contributed by atoms with Crippen LogP contribution in [0.3, 0.4) is 0 Å². The molecule has 0 amide bonds. The van der Waals surface area contributed by atoms with E-state index in [1.54, 1.807) is 24.3 Å². The van der Waals surface area contributed by atoms with E-state index in [0.717, 1.165) is 16.9 Å². The normalized spacial score (nSPS) is 11.6. The third kappa shape index (κ3) is 3.83. The Hall–Kier alpha value is -3.19. The average molecular weight is 381 g/mol. The number of nitrogens with zero attached hydrogens (tertiary/aromatic N) is 2. The van der Waals surface area contributed by atoms with E-state index in [1.165, 1.54) is 18.2 Å². The molecule has 4 aromatic rings. The van der Waals surface area contributed by atoms with E-state index in [0.29, 0.717) is 5.69 Å². The van der Waals surface area contributed by atoms with Crippen LogP contribution in [0.4, 0.5) is 10.1 Å². The van der Waals surface area contributed by atoms with Crippen molar-refractivity contribution in [2.24, 2.45) is 0 Å². The van der Waals surface area contributed by atoms with Crippen molar-refractivity contribution in [3.8, 4) is 11.3 Å². The van der Waals surface area contributed by atoms with Crippen molar-refractivity contribution in [2.75, 3.05) is 4.72 Å². The van der Waals surface area contributed by atoms with E-state index >= 15 is 0 Å². The van der Waals surface area contributed by atoms with Crippen LogP contribution in [0.5, 0.6) is 0 Å². The molecule has 0 aliphatic carbocycles. The predicted octanol–water partition coefficient (Wildman–Crippen LogP) is 4.08. The summed E-state index contributed by atoms with van der Waals surface area (Å²) in [7, 11) is -3.75. The molecule has 4 rings (SSSR count). The predicted molar refractivity (Wildman–Crippen MR) is 103 cm³/mol. The second-order valence-corrected chi connectivity index (χ2v) is 7.85. The summed E-state index contributed by atoms with van der Waals surface area (Å²) in [6.07, 6.45) is 3.77. The number of hydrogen-bond donors (Lipinski definition) is 1. The lowest BCUT2D eigenvalue weighted by Gasteiger charge is -2.09. The first kappa shape index (κ1) is 17.2. The van der Waals surface area contributed by atoms with Crippen molar-refractivity contribution in [3.63, 3.8) is 0 Å². The summed E-state index contributed by atoms with van der Waals surface area (Å²) in [5, 5.41) is 0. The molecule has 2 heterocycles.